The Morgan fingerprint density at radius 3 is 2.63 bits per heavy atom. The monoisotopic (exact) mass is 263 g/mol. The minimum absolute atomic E-state index is 0.336. The van der Waals surface area contributed by atoms with Gasteiger partial charge in [0.25, 0.3) is 0 Å². The summed E-state index contributed by atoms with van der Waals surface area (Å²) in [5, 5.41) is 7.67. The molecule has 8 heteroatoms. The third-order valence-electron chi connectivity index (χ3n) is 2.19. The molecule has 0 spiro atoms. The second-order valence-corrected chi connectivity index (χ2v) is 3.52. The maximum Gasteiger partial charge on any atom is 0.408 e. The van der Waals surface area contributed by atoms with E-state index in [1.54, 1.807) is 0 Å². The summed E-state index contributed by atoms with van der Waals surface area (Å²) in [7, 11) is 1.21. The largest absolute Gasteiger partial charge is 0.453 e. The molecule has 1 rings (SSSR count). The average molecular weight is 263 g/mol. The number of hydrogen-bond acceptors (Lipinski definition) is 3. The fraction of sp³-hybridized carbons (Fsp3) is 0.273. The van der Waals surface area contributed by atoms with Crippen molar-refractivity contribution in [3.05, 3.63) is 46.3 Å². The number of azide groups is 1. The molecule has 0 fully saturated rings. The predicted molar refractivity (Wildman–Crippen MR) is 67.2 cm³/mol. The van der Waals surface area contributed by atoms with Crippen molar-refractivity contribution in [2.75, 3.05) is 7.11 Å². The Bertz CT molecular complexity index is 484. The van der Waals surface area contributed by atoms with Crippen molar-refractivity contribution < 1.29 is 14.3 Å². The fourth-order valence-electron chi connectivity index (χ4n) is 1.41. The second-order valence-electron chi connectivity index (χ2n) is 3.52. The van der Waals surface area contributed by atoms with Gasteiger partial charge >= 0.3 is 12.1 Å². The van der Waals surface area contributed by atoms with Crippen molar-refractivity contribution >= 4 is 12.1 Å². The SMILES string of the molecule is COC(=O)N[C@@H](Cc1ccccc1)NC(=O)N=[N+]=[N-]. The predicted octanol–water partition coefficient (Wildman–Crippen LogP) is 1.93. The first-order valence-corrected chi connectivity index (χ1v) is 5.39. The summed E-state index contributed by atoms with van der Waals surface area (Å²) in [5.74, 6) is 0. The molecule has 1 atom stereocenters. The molecule has 0 unspecified atom stereocenters. The zero-order valence-electron chi connectivity index (χ0n) is 10.2. The van der Waals surface area contributed by atoms with Gasteiger partial charge in [-0.2, -0.15) is 0 Å². The van der Waals surface area contributed by atoms with E-state index in [2.05, 4.69) is 25.4 Å². The van der Waals surface area contributed by atoms with E-state index in [0.717, 1.165) is 5.56 Å². The molecule has 0 aliphatic heterocycles. The fourth-order valence-corrected chi connectivity index (χ4v) is 1.41. The Morgan fingerprint density at radius 2 is 2.05 bits per heavy atom. The molecule has 0 heterocycles. The van der Waals surface area contributed by atoms with Gasteiger partial charge in [0.1, 0.15) is 6.17 Å². The van der Waals surface area contributed by atoms with Crippen LogP contribution in [0.2, 0.25) is 0 Å². The molecule has 1 aromatic carbocycles. The molecular formula is C11H13N5O3. The van der Waals surface area contributed by atoms with Crippen LogP contribution in [-0.4, -0.2) is 25.4 Å². The zero-order chi connectivity index (χ0) is 14.1. The summed E-state index contributed by atoms with van der Waals surface area (Å²) in [6.07, 6.45) is -1.09. The Labute approximate surface area is 109 Å². The maximum atomic E-state index is 11.2. The van der Waals surface area contributed by atoms with Gasteiger partial charge in [0.15, 0.2) is 0 Å². The Morgan fingerprint density at radius 1 is 1.37 bits per heavy atom. The highest BCUT2D eigenvalue weighted by molar-refractivity contribution is 5.76. The number of ether oxygens (including phenoxy) is 1. The summed E-state index contributed by atoms with van der Waals surface area (Å²) in [5.41, 5.74) is 9.05. The van der Waals surface area contributed by atoms with E-state index in [1.807, 2.05) is 30.3 Å². The highest BCUT2D eigenvalue weighted by Gasteiger charge is 2.15. The Kier molecular flexibility index (Phi) is 5.71. The van der Waals surface area contributed by atoms with E-state index in [9.17, 15) is 9.59 Å². The van der Waals surface area contributed by atoms with Crippen LogP contribution in [0.1, 0.15) is 5.56 Å². The third kappa shape index (κ3) is 5.42. The highest BCUT2D eigenvalue weighted by atomic mass is 16.5. The van der Waals surface area contributed by atoms with Crippen LogP contribution < -0.4 is 10.6 Å². The van der Waals surface area contributed by atoms with Crippen LogP contribution in [0, 0.1) is 0 Å². The van der Waals surface area contributed by atoms with Crippen LogP contribution in [0.3, 0.4) is 0 Å². The van der Waals surface area contributed by atoms with Crippen molar-refractivity contribution in [3.8, 4) is 0 Å². The minimum atomic E-state index is -0.875. The number of amides is 3. The summed E-state index contributed by atoms with van der Waals surface area (Å²) >= 11 is 0. The Balaban J connectivity index is 2.71. The van der Waals surface area contributed by atoms with Crippen molar-refractivity contribution in [2.45, 2.75) is 12.6 Å². The standard InChI is InChI=1S/C11H13N5O3/c1-19-11(18)14-9(13-10(17)15-16-12)7-8-5-3-2-4-6-8/h2-6,9H,7H2,1H3,(H,13,17)(H,14,18)/t9-/m0/s1. The molecule has 3 amide bonds. The first-order valence-electron chi connectivity index (χ1n) is 5.39. The lowest BCUT2D eigenvalue weighted by Gasteiger charge is -2.18. The van der Waals surface area contributed by atoms with Crippen LogP contribution in [-0.2, 0) is 11.2 Å². The van der Waals surface area contributed by atoms with Gasteiger partial charge in [-0.1, -0.05) is 30.3 Å². The first-order chi connectivity index (χ1) is 9.15. The summed E-state index contributed by atoms with van der Waals surface area (Å²) < 4.78 is 4.46. The van der Waals surface area contributed by atoms with Gasteiger partial charge in [0, 0.05) is 16.4 Å². The molecule has 19 heavy (non-hydrogen) atoms. The van der Waals surface area contributed by atoms with Crippen molar-refractivity contribution in [1.29, 1.82) is 0 Å². The second kappa shape index (κ2) is 7.57. The topological polar surface area (TPSA) is 116 Å². The molecule has 0 aromatic heterocycles. The molecule has 0 bridgehead atoms. The lowest BCUT2D eigenvalue weighted by Crippen LogP contribution is -2.48. The molecule has 0 aliphatic carbocycles. The van der Waals surface area contributed by atoms with E-state index in [1.165, 1.54) is 7.11 Å². The number of methoxy groups -OCH3 is 1. The number of hydrogen-bond donors (Lipinski definition) is 2. The molecular weight excluding hydrogens is 250 g/mol. The zero-order valence-corrected chi connectivity index (χ0v) is 10.2. The van der Waals surface area contributed by atoms with Crippen LogP contribution in [0.4, 0.5) is 9.59 Å². The van der Waals surface area contributed by atoms with Crippen molar-refractivity contribution in [2.24, 2.45) is 5.11 Å². The molecule has 8 nitrogen and oxygen atoms in total. The minimum Gasteiger partial charge on any atom is -0.453 e. The van der Waals surface area contributed by atoms with Gasteiger partial charge < -0.3 is 15.4 Å². The number of carbonyl (C=O) groups is 2. The van der Waals surface area contributed by atoms with Crippen LogP contribution in [0.25, 0.3) is 10.4 Å². The number of nitrogens with zero attached hydrogens (tertiary/aromatic N) is 3. The lowest BCUT2D eigenvalue weighted by atomic mass is 10.1. The molecule has 0 saturated carbocycles. The smallest absolute Gasteiger partial charge is 0.408 e. The molecule has 100 valence electrons. The number of rotatable bonds is 4. The molecule has 2 N–H and O–H groups in total. The summed E-state index contributed by atoms with van der Waals surface area (Å²) in [4.78, 5) is 24.7. The normalized spacial score (nSPS) is 10.8. The van der Waals surface area contributed by atoms with Crippen LogP contribution in [0.15, 0.2) is 35.4 Å². The number of benzene rings is 1. The quantitative estimate of drug-likeness (QED) is 0.374. The van der Waals surface area contributed by atoms with E-state index < -0.39 is 18.3 Å². The van der Waals surface area contributed by atoms with Gasteiger partial charge in [0.2, 0.25) is 0 Å². The van der Waals surface area contributed by atoms with E-state index in [4.69, 9.17) is 5.53 Å². The number of nitrogens with one attached hydrogen (secondary N) is 2. The molecule has 0 aliphatic rings. The lowest BCUT2D eigenvalue weighted by molar-refractivity contribution is 0.164. The number of carbonyl (C=O) groups excluding carboxylic acids is 2. The van der Waals surface area contributed by atoms with Gasteiger partial charge in [0.05, 0.1) is 7.11 Å². The first kappa shape index (κ1) is 14.3. The van der Waals surface area contributed by atoms with Crippen LogP contribution in [0.5, 0.6) is 0 Å². The number of alkyl carbamates (subject to hydrolysis) is 1. The highest BCUT2D eigenvalue weighted by Crippen LogP contribution is 2.02. The van der Waals surface area contributed by atoms with E-state index >= 15 is 0 Å². The van der Waals surface area contributed by atoms with E-state index in [-0.39, 0.29) is 0 Å². The van der Waals surface area contributed by atoms with Gasteiger partial charge in [-0.15, -0.1) is 0 Å². The van der Waals surface area contributed by atoms with Crippen LogP contribution >= 0.6 is 0 Å². The van der Waals surface area contributed by atoms with Crippen molar-refractivity contribution in [3.63, 3.8) is 0 Å². The number of urea groups is 1. The summed E-state index contributed by atoms with van der Waals surface area (Å²) in [6, 6.07) is 8.32. The van der Waals surface area contributed by atoms with Crippen molar-refractivity contribution in [1.82, 2.24) is 10.6 Å². The average Bonchev–Trinajstić information content (AvgIpc) is 2.39. The van der Waals surface area contributed by atoms with Gasteiger partial charge in [-0.3, -0.25) is 4.79 Å². The van der Waals surface area contributed by atoms with E-state index in [0.29, 0.717) is 6.42 Å². The van der Waals surface area contributed by atoms with Gasteiger partial charge in [-0.25, -0.2) is 4.79 Å². The Hall–Kier alpha value is -2.73. The molecule has 0 saturated heterocycles. The van der Waals surface area contributed by atoms with Gasteiger partial charge in [-0.05, 0) is 11.1 Å². The molecule has 0 radical (unpaired) electrons. The maximum absolute atomic E-state index is 11.2. The summed E-state index contributed by atoms with van der Waals surface area (Å²) in [6.45, 7) is 0. The molecule has 1 aromatic rings. The third-order valence-corrected chi connectivity index (χ3v) is 2.19.